The van der Waals surface area contributed by atoms with Gasteiger partial charge in [0, 0.05) is 38.1 Å². The number of carbonyl (C=O) groups is 2. The van der Waals surface area contributed by atoms with Crippen LogP contribution in [0.4, 0.5) is 30.9 Å². The Kier molecular flexibility index (Phi) is 6.17. The molecular weight excluding hydrogens is 452 g/mol. The number of amides is 3. The number of anilines is 3. The standard InChI is InChI=1S/C21H21F2N7O4/c1-3-24-20(32)29-17-8-12(6-7-25-17)10-26-18-14(11-27-30(18)2)19(31)28-13-4-5-15-16(9-13)34-21(22,23)33-15/h4-9,11,26H,3,10H2,1-2H3,(H,28,31)(H2,24,25,29,32). The van der Waals surface area contributed by atoms with Gasteiger partial charge in [0.1, 0.15) is 17.2 Å². The van der Waals surface area contributed by atoms with Crippen LogP contribution in [-0.4, -0.2) is 39.5 Å². The smallest absolute Gasteiger partial charge is 0.395 e. The molecule has 34 heavy (non-hydrogen) atoms. The largest absolute Gasteiger partial charge is 0.586 e. The monoisotopic (exact) mass is 473 g/mol. The maximum atomic E-state index is 13.2. The van der Waals surface area contributed by atoms with Gasteiger partial charge >= 0.3 is 12.3 Å². The van der Waals surface area contributed by atoms with Crippen molar-refractivity contribution < 1.29 is 27.8 Å². The normalized spacial score (nSPS) is 13.3. The number of carbonyl (C=O) groups excluding carboxylic acids is 2. The highest BCUT2D eigenvalue weighted by Crippen LogP contribution is 2.42. The fraction of sp³-hybridized carbons (Fsp3) is 0.238. The maximum Gasteiger partial charge on any atom is 0.586 e. The zero-order valence-electron chi connectivity index (χ0n) is 18.2. The second-order valence-corrected chi connectivity index (χ2v) is 7.20. The van der Waals surface area contributed by atoms with Gasteiger partial charge < -0.3 is 25.4 Å². The van der Waals surface area contributed by atoms with E-state index >= 15 is 0 Å². The van der Waals surface area contributed by atoms with Crippen LogP contribution in [0.15, 0.2) is 42.7 Å². The molecule has 0 saturated heterocycles. The highest BCUT2D eigenvalue weighted by Gasteiger charge is 2.43. The van der Waals surface area contributed by atoms with E-state index in [2.05, 4.69) is 40.8 Å². The van der Waals surface area contributed by atoms with Gasteiger partial charge in [-0.3, -0.25) is 14.8 Å². The lowest BCUT2D eigenvalue weighted by molar-refractivity contribution is -0.286. The summed E-state index contributed by atoms with van der Waals surface area (Å²) < 4.78 is 36.7. The van der Waals surface area contributed by atoms with E-state index in [4.69, 9.17) is 0 Å². The van der Waals surface area contributed by atoms with E-state index in [1.807, 2.05) is 0 Å². The van der Waals surface area contributed by atoms with E-state index in [9.17, 15) is 18.4 Å². The molecule has 0 unspecified atom stereocenters. The van der Waals surface area contributed by atoms with Crippen LogP contribution in [0, 0.1) is 0 Å². The van der Waals surface area contributed by atoms with Crippen LogP contribution in [0.2, 0.25) is 0 Å². The second kappa shape index (κ2) is 9.21. The van der Waals surface area contributed by atoms with E-state index in [1.54, 1.807) is 32.3 Å². The zero-order valence-corrected chi connectivity index (χ0v) is 18.2. The molecule has 1 aliphatic heterocycles. The topological polar surface area (TPSA) is 131 Å². The van der Waals surface area contributed by atoms with Gasteiger partial charge in [-0.2, -0.15) is 5.10 Å². The van der Waals surface area contributed by atoms with Crippen LogP contribution in [0.25, 0.3) is 0 Å². The number of nitrogens with zero attached hydrogens (tertiary/aromatic N) is 3. The third kappa shape index (κ3) is 5.14. The molecule has 11 nitrogen and oxygen atoms in total. The molecule has 13 heteroatoms. The Balaban J connectivity index is 1.43. The molecule has 4 N–H and O–H groups in total. The molecule has 0 fully saturated rings. The fourth-order valence-electron chi connectivity index (χ4n) is 3.20. The Morgan fingerprint density at radius 3 is 2.71 bits per heavy atom. The molecule has 178 valence electrons. The molecule has 3 heterocycles. The van der Waals surface area contributed by atoms with Gasteiger partial charge in [-0.05, 0) is 36.8 Å². The summed E-state index contributed by atoms with van der Waals surface area (Å²) >= 11 is 0. The highest BCUT2D eigenvalue weighted by molar-refractivity contribution is 6.07. The van der Waals surface area contributed by atoms with Gasteiger partial charge in [0.05, 0.1) is 6.20 Å². The molecule has 3 aromatic rings. The summed E-state index contributed by atoms with van der Waals surface area (Å²) in [5.74, 6) is 0.00292. The van der Waals surface area contributed by atoms with Crippen LogP contribution >= 0.6 is 0 Å². The lowest BCUT2D eigenvalue weighted by Crippen LogP contribution is -2.28. The number of hydrogen-bond acceptors (Lipinski definition) is 7. The molecule has 0 saturated carbocycles. The third-order valence-corrected chi connectivity index (χ3v) is 4.71. The molecule has 1 aliphatic rings. The van der Waals surface area contributed by atoms with Gasteiger partial charge in [0.2, 0.25) is 0 Å². The van der Waals surface area contributed by atoms with Crippen molar-refractivity contribution in [3.8, 4) is 11.5 Å². The summed E-state index contributed by atoms with van der Waals surface area (Å²) in [6, 6.07) is 7.04. The quantitative estimate of drug-likeness (QED) is 0.415. The number of fused-ring (bicyclic) bond motifs is 1. The Hall–Kier alpha value is -4.42. The van der Waals surface area contributed by atoms with Crippen LogP contribution in [-0.2, 0) is 13.6 Å². The molecule has 0 radical (unpaired) electrons. The number of aromatic nitrogens is 3. The van der Waals surface area contributed by atoms with Crippen molar-refractivity contribution in [2.75, 3.05) is 22.5 Å². The van der Waals surface area contributed by atoms with Crippen molar-refractivity contribution in [3.05, 3.63) is 53.9 Å². The van der Waals surface area contributed by atoms with E-state index < -0.39 is 12.2 Å². The van der Waals surface area contributed by atoms with Crippen LogP contribution in [0.1, 0.15) is 22.8 Å². The molecule has 0 bridgehead atoms. The predicted molar refractivity (Wildman–Crippen MR) is 118 cm³/mol. The number of hydrogen-bond donors (Lipinski definition) is 4. The number of ether oxygens (including phenoxy) is 2. The third-order valence-electron chi connectivity index (χ3n) is 4.71. The Morgan fingerprint density at radius 1 is 1.12 bits per heavy atom. The number of nitrogens with one attached hydrogen (secondary N) is 4. The summed E-state index contributed by atoms with van der Waals surface area (Å²) in [4.78, 5) is 28.6. The number of pyridine rings is 1. The Morgan fingerprint density at radius 2 is 1.91 bits per heavy atom. The number of benzene rings is 1. The first-order valence-corrected chi connectivity index (χ1v) is 10.2. The lowest BCUT2D eigenvalue weighted by Gasteiger charge is -2.11. The van der Waals surface area contributed by atoms with Crippen molar-refractivity contribution in [1.82, 2.24) is 20.1 Å². The number of rotatable bonds is 7. The van der Waals surface area contributed by atoms with Crippen molar-refractivity contribution >= 4 is 29.3 Å². The summed E-state index contributed by atoms with van der Waals surface area (Å²) in [7, 11) is 1.66. The maximum absolute atomic E-state index is 13.2. The van der Waals surface area contributed by atoms with Crippen LogP contribution in [0.5, 0.6) is 11.5 Å². The minimum atomic E-state index is -3.74. The average molecular weight is 473 g/mol. The molecule has 4 rings (SSSR count). The first kappa shape index (κ1) is 22.8. The Labute approximate surface area is 192 Å². The molecule has 0 aliphatic carbocycles. The first-order valence-electron chi connectivity index (χ1n) is 10.2. The molecule has 0 atom stereocenters. The Bertz CT molecular complexity index is 1230. The molecule has 2 aromatic heterocycles. The number of halogens is 2. The molecule has 1 aromatic carbocycles. The van der Waals surface area contributed by atoms with Gasteiger partial charge in [0.25, 0.3) is 5.91 Å². The second-order valence-electron chi connectivity index (χ2n) is 7.20. The SMILES string of the molecule is CCNC(=O)Nc1cc(CNc2c(C(=O)Nc3ccc4c(c3)OC(F)(F)O4)cnn2C)ccn1. The molecular formula is C21H21F2N7O4. The minimum Gasteiger partial charge on any atom is -0.395 e. The summed E-state index contributed by atoms with van der Waals surface area (Å²) in [6.45, 7) is 2.60. The molecule has 3 amide bonds. The van der Waals surface area contributed by atoms with Gasteiger partial charge in [-0.15, -0.1) is 8.78 Å². The van der Waals surface area contributed by atoms with Gasteiger partial charge in [0.15, 0.2) is 11.5 Å². The lowest BCUT2D eigenvalue weighted by atomic mass is 10.2. The van der Waals surface area contributed by atoms with Crippen molar-refractivity contribution in [1.29, 1.82) is 0 Å². The predicted octanol–water partition coefficient (Wildman–Crippen LogP) is 3.14. The number of urea groups is 1. The summed E-state index contributed by atoms with van der Waals surface area (Å²) in [6.07, 6.45) is -0.806. The zero-order chi connectivity index (χ0) is 24.3. The highest BCUT2D eigenvalue weighted by atomic mass is 19.3. The van der Waals surface area contributed by atoms with Crippen LogP contribution in [0.3, 0.4) is 0 Å². The number of aryl methyl sites for hydroxylation is 1. The van der Waals surface area contributed by atoms with Crippen molar-refractivity contribution in [2.24, 2.45) is 7.05 Å². The van der Waals surface area contributed by atoms with Gasteiger partial charge in [-0.25, -0.2) is 9.78 Å². The first-order chi connectivity index (χ1) is 16.2. The summed E-state index contributed by atoms with van der Waals surface area (Å²) in [5, 5.41) is 15.1. The average Bonchev–Trinajstić information content (AvgIpc) is 3.29. The molecule has 0 spiro atoms. The van der Waals surface area contributed by atoms with Gasteiger partial charge in [-0.1, -0.05) is 0 Å². The van der Waals surface area contributed by atoms with E-state index in [0.717, 1.165) is 5.56 Å². The minimum absolute atomic E-state index is 0.120. The summed E-state index contributed by atoms with van der Waals surface area (Å²) in [5.41, 5.74) is 1.28. The number of alkyl halides is 2. The fourth-order valence-corrected chi connectivity index (χ4v) is 3.20. The van der Waals surface area contributed by atoms with E-state index in [-0.39, 0.29) is 28.8 Å². The van der Waals surface area contributed by atoms with Crippen LogP contribution < -0.4 is 30.7 Å². The van der Waals surface area contributed by atoms with Crippen molar-refractivity contribution in [2.45, 2.75) is 19.8 Å². The van der Waals surface area contributed by atoms with E-state index in [0.29, 0.717) is 24.7 Å². The van der Waals surface area contributed by atoms with Crippen molar-refractivity contribution in [3.63, 3.8) is 0 Å². The van der Waals surface area contributed by atoms with E-state index in [1.165, 1.54) is 29.1 Å².